The molecular weight excluding hydrogens is 449 g/mol. The van der Waals surface area contributed by atoms with E-state index in [1.54, 1.807) is 18.2 Å². The first-order chi connectivity index (χ1) is 15.3. The summed E-state index contributed by atoms with van der Waals surface area (Å²) in [6.45, 7) is 1.03. The molecule has 1 aromatic carbocycles. The number of carbonyl (C=O) groups excluding carboxylic acids is 1. The molecule has 0 unspecified atom stereocenters. The molecule has 0 bridgehead atoms. The Labute approximate surface area is 185 Å². The van der Waals surface area contributed by atoms with Crippen LogP contribution in [0.4, 0.5) is 13.2 Å². The number of nitrogens with one attached hydrogen (secondary N) is 1. The molecule has 168 valence electrons. The Hall–Kier alpha value is -2.98. The first-order valence-corrected chi connectivity index (χ1v) is 10.2. The van der Waals surface area contributed by atoms with Gasteiger partial charge >= 0.3 is 6.18 Å². The third kappa shape index (κ3) is 5.25. The summed E-state index contributed by atoms with van der Waals surface area (Å²) in [5.41, 5.74) is 2.69. The molecule has 1 fully saturated rings. The van der Waals surface area contributed by atoms with Crippen molar-refractivity contribution in [2.45, 2.75) is 25.6 Å². The number of amides is 1. The zero-order chi connectivity index (χ0) is 22.7. The molecule has 2 aromatic heterocycles. The van der Waals surface area contributed by atoms with Gasteiger partial charge in [-0.3, -0.25) is 9.78 Å². The summed E-state index contributed by atoms with van der Waals surface area (Å²) in [6.07, 6.45) is -1.64. The van der Waals surface area contributed by atoms with E-state index in [9.17, 15) is 18.0 Å². The number of hydrogen-bond acceptors (Lipinski definition) is 6. The summed E-state index contributed by atoms with van der Waals surface area (Å²) in [4.78, 5) is 20.3. The monoisotopic (exact) mass is 466 g/mol. The molecule has 3 heterocycles. The Morgan fingerprint density at radius 3 is 2.69 bits per heavy atom. The van der Waals surface area contributed by atoms with E-state index in [1.165, 1.54) is 6.20 Å². The minimum absolute atomic E-state index is 0.247. The van der Waals surface area contributed by atoms with Crippen molar-refractivity contribution in [2.24, 2.45) is 5.92 Å². The van der Waals surface area contributed by atoms with Crippen LogP contribution in [-0.4, -0.2) is 34.2 Å². The number of carbonyl (C=O) groups is 1. The molecule has 1 saturated heterocycles. The quantitative estimate of drug-likeness (QED) is 0.582. The lowest BCUT2D eigenvalue weighted by molar-refractivity contribution is -0.146. The second-order valence-electron chi connectivity index (χ2n) is 7.35. The van der Waals surface area contributed by atoms with Crippen LogP contribution in [-0.2, 0) is 23.9 Å². The van der Waals surface area contributed by atoms with Crippen LogP contribution in [0.1, 0.15) is 34.2 Å². The van der Waals surface area contributed by atoms with Crippen LogP contribution in [0.25, 0.3) is 11.1 Å². The average Bonchev–Trinajstić information content (AvgIpc) is 3.45. The van der Waals surface area contributed by atoms with Crippen molar-refractivity contribution < 1.29 is 27.2 Å². The van der Waals surface area contributed by atoms with Gasteiger partial charge in [-0.2, -0.15) is 18.2 Å². The van der Waals surface area contributed by atoms with Crippen LogP contribution in [0.15, 0.2) is 41.1 Å². The van der Waals surface area contributed by atoms with Crippen LogP contribution >= 0.6 is 11.6 Å². The Balaban J connectivity index is 1.54. The third-order valence-corrected chi connectivity index (χ3v) is 5.27. The van der Waals surface area contributed by atoms with Gasteiger partial charge in [-0.1, -0.05) is 28.9 Å². The molecule has 0 radical (unpaired) electrons. The number of pyridine rings is 1. The molecule has 1 aliphatic rings. The maximum atomic E-state index is 12.6. The number of aromatic nitrogens is 3. The Kier molecular flexibility index (Phi) is 6.43. The number of benzene rings is 1. The van der Waals surface area contributed by atoms with E-state index in [0.29, 0.717) is 30.6 Å². The molecule has 1 atom stereocenters. The number of ether oxygens (including phenoxy) is 1. The minimum atomic E-state index is -4.72. The minimum Gasteiger partial charge on any atom is -0.381 e. The summed E-state index contributed by atoms with van der Waals surface area (Å²) in [7, 11) is 0. The molecule has 1 amide bonds. The van der Waals surface area contributed by atoms with Crippen molar-refractivity contribution in [1.29, 1.82) is 0 Å². The lowest BCUT2D eigenvalue weighted by Crippen LogP contribution is -2.23. The predicted molar refractivity (Wildman–Crippen MR) is 108 cm³/mol. The Morgan fingerprint density at radius 1 is 1.25 bits per heavy atom. The van der Waals surface area contributed by atoms with Gasteiger partial charge in [0.1, 0.15) is 0 Å². The normalized spacial score (nSPS) is 16.3. The summed E-state index contributed by atoms with van der Waals surface area (Å²) in [6, 6.07) is 8.88. The lowest BCUT2D eigenvalue weighted by Gasteiger charge is -2.14. The molecule has 0 spiro atoms. The van der Waals surface area contributed by atoms with Crippen LogP contribution in [0, 0.1) is 5.92 Å². The van der Waals surface area contributed by atoms with Gasteiger partial charge in [0.15, 0.2) is 0 Å². The van der Waals surface area contributed by atoms with E-state index >= 15 is 0 Å². The summed E-state index contributed by atoms with van der Waals surface area (Å²) in [5.74, 6) is -1.94. The number of rotatable bonds is 6. The Morgan fingerprint density at radius 2 is 2.03 bits per heavy atom. The average molecular weight is 467 g/mol. The van der Waals surface area contributed by atoms with Gasteiger partial charge in [0.05, 0.1) is 12.1 Å². The van der Waals surface area contributed by atoms with Gasteiger partial charge in [0, 0.05) is 35.7 Å². The molecule has 0 saturated carbocycles. The number of alkyl halides is 3. The molecule has 4 rings (SSSR count). The smallest absolute Gasteiger partial charge is 0.381 e. The number of hydrogen-bond donors (Lipinski definition) is 1. The van der Waals surface area contributed by atoms with Crippen molar-refractivity contribution in [3.05, 3.63) is 64.5 Å². The van der Waals surface area contributed by atoms with Gasteiger partial charge in [-0.15, -0.1) is 0 Å². The molecule has 11 heteroatoms. The van der Waals surface area contributed by atoms with Crippen molar-refractivity contribution in [1.82, 2.24) is 20.4 Å². The lowest BCUT2D eigenvalue weighted by atomic mass is 9.95. The fraction of sp³-hybridized carbons (Fsp3) is 0.333. The van der Waals surface area contributed by atoms with Crippen LogP contribution < -0.4 is 5.32 Å². The fourth-order valence-electron chi connectivity index (χ4n) is 3.38. The predicted octanol–water partition coefficient (Wildman–Crippen LogP) is 4.31. The SMILES string of the molecule is O=C(NCc1nc(C(F)(F)F)no1)c1cnc(C[C@@H]2CCOC2)c(-c2ccc(Cl)cc2)c1. The van der Waals surface area contributed by atoms with E-state index < -0.39 is 17.9 Å². The summed E-state index contributed by atoms with van der Waals surface area (Å²) < 4.78 is 47.7. The Bertz CT molecular complexity index is 1100. The van der Waals surface area contributed by atoms with E-state index in [0.717, 1.165) is 23.2 Å². The highest BCUT2D eigenvalue weighted by Crippen LogP contribution is 2.29. The zero-order valence-electron chi connectivity index (χ0n) is 16.7. The zero-order valence-corrected chi connectivity index (χ0v) is 17.4. The van der Waals surface area contributed by atoms with Crippen molar-refractivity contribution in [3.63, 3.8) is 0 Å². The number of halogens is 4. The summed E-state index contributed by atoms with van der Waals surface area (Å²) in [5, 5.41) is 5.92. The molecule has 3 aromatic rings. The van der Waals surface area contributed by atoms with Crippen LogP contribution in [0.3, 0.4) is 0 Å². The maximum absolute atomic E-state index is 12.6. The van der Waals surface area contributed by atoms with E-state index in [-0.39, 0.29) is 18.0 Å². The van der Waals surface area contributed by atoms with Gasteiger partial charge in [0.2, 0.25) is 5.89 Å². The van der Waals surface area contributed by atoms with Gasteiger partial charge < -0.3 is 14.6 Å². The first-order valence-electron chi connectivity index (χ1n) is 9.80. The highest BCUT2D eigenvalue weighted by Gasteiger charge is 2.37. The van der Waals surface area contributed by atoms with Gasteiger partial charge in [0.25, 0.3) is 11.7 Å². The molecule has 0 aliphatic carbocycles. The maximum Gasteiger partial charge on any atom is 0.455 e. The van der Waals surface area contributed by atoms with Crippen LogP contribution in [0.2, 0.25) is 5.02 Å². The molecular formula is C21H18ClF3N4O3. The molecule has 32 heavy (non-hydrogen) atoms. The van der Waals surface area contributed by atoms with Crippen molar-refractivity contribution in [3.8, 4) is 11.1 Å². The second-order valence-corrected chi connectivity index (χ2v) is 7.79. The molecule has 1 N–H and O–H groups in total. The first kappa shape index (κ1) is 22.2. The largest absolute Gasteiger partial charge is 0.455 e. The molecule has 7 nitrogen and oxygen atoms in total. The molecule has 1 aliphatic heterocycles. The standard InChI is InChI=1S/C21H18ClF3N4O3/c22-15-3-1-13(2-4-15)16-8-14(9-26-17(16)7-12-5-6-31-11-12)19(30)27-10-18-28-20(29-32-18)21(23,24)25/h1-4,8-9,12H,5-7,10-11H2,(H,27,30)/t12-/m0/s1. The van der Waals surface area contributed by atoms with Gasteiger partial charge in [-0.25, -0.2) is 0 Å². The third-order valence-electron chi connectivity index (χ3n) is 5.02. The second kappa shape index (κ2) is 9.25. The van der Waals surface area contributed by atoms with E-state index in [1.807, 2.05) is 12.1 Å². The number of nitrogens with zero attached hydrogens (tertiary/aromatic N) is 3. The van der Waals surface area contributed by atoms with Gasteiger partial charge in [-0.05, 0) is 42.5 Å². The van der Waals surface area contributed by atoms with E-state index in [4.69, 9.17) is 16.3 Å². The highest BCUT2D eigenvalue weighted by molar-refractivity contribution is 6.30. The van der Waals surface area contributed by atoms with Crippen molar-refractivity contribution >= 4 is 17.5 Å². The van der Waals surface area contributed by atoms with E-state index in [2.05, 4.69) is 25.0 Å². The fourth-order valence-corrected chi connectivity index (χ4v) is 3.50. The highest BCUT2D eigenvalue weighted by atomic mass is 35.5. The summed E-state index contributed by atoms with van der Waals surface area (Å²) >= 11 is 6.00. The topological polar surface area (TPSA) is 90.1 Å². The van der Waals surface area contributed by atoms with Crippen molar-refractivity contribution in [2.75, 3.05) is 13.2 Å². The van der Waals surface area contributed by atoms with Crippen LogP contribution in [0.5, 0.6) is 0 Å².